The number of nitrogens with one attached hydrogen (secondary N) is 1. The van der Waals surface area contributed by atoms with Crippen LogP contribution in [0.1, 0.15) is 46.0 Å². The highest BCUT2D eigenvalue weighted by Gasteiger charge is 2.25. The van der Waals surface area contributed by atoms with Crippen molar-refractivity contribution in [3.63, 3.8) is 0 Å². The number of carbonyl (C=O) groups is 2. The van der Waals surface area contributed by atoms with Crippen LogP contribution in [-0.2, 0) is 0 Å². The molecule has 3 N–H and O–H groups in total. The second-order valence-electron chi connectivity index (χ2n) is 7.58. The van der Waals surface area contributed by atoms with E-state index in [4.69, 9.17) is 5.73 Å². The molecular weight excluding hydrogens is 391 g/mol. The first-order valence-electron chi connectivity index (χ1n) is 9.62. The average Bonchev–Trinajstić information content (AvgIpc) is 2.71. The fourth-order valence-electron chi connectivity index (χ4n) is 3.47. The lowest BCUT2D eigenvalue weighted by molar-refractivity contribution is -0.384. The Kier molecular flexibility index (Phi) is 6.00. The molecule has 0 unspecified atom stereocenters. The molecular formula is C21H23FN4O4. The first-order chi connectivity index (χ1) is 14.2. The summed E-state index contributed by atoms with van der Waals surface area (Å²) in [7, 11) is 0. The summed E-state index contributed by atoms with van der Waals surface area (Å²) in [4.78, 5) is 37.1. The normalized spacial score (nSPS) is 14.4. The molecule has 1 heterocycles. The van der Waals surface area contributed by atoms with Gasteiger partial charge in [0.25, 0.3) is 11.6 Å². The Morgan fingerprint density at radius 1 is 1.20 bits per heavy atom. The lowest BCUT2D eigenvalue weighted by Crippen LogP contribution is -2.33. The summed E-state index contributed by atoms with van der Waals surface area (Å²) in [6.07, 6.45) is 1.89. The number of primary amides is 1. The van der Waals surface area contributed by atoms with Gasteiger partial charge < -0.3 is 16.0 Å². The number of nitro groups is 1. The molecule has 158 valence electrons. The number of nitro benzene ring substituents is 1. The van der Waals surface area contributed by atoms with E-state index in [2.05, 4.69) is 12.2 Å². The van der Waals surface area contributed by atoms with Gasteiger partial charge >= 0.3 is 0 Å². The molecule has 2 aromatic rings. The Balaban J connectivity index is 1.89. The number of nitrogens with zero attached hydrogens (tertiary/aromatic N) is 2. The predicted octanol–water partition coefficient (Wildman–Crippen LogP) is 3.63. The molecule has 8 nitrogen and oxygen atoms in total. The zero-order chi connectivity index (χ0) is 22.0. The second kappa shape index (κ2) is 8.48. The van der Waals surface area contributed by atoms with Crippen LogP contribution in [0.15, 0.2) is 30.3 Å². The molecule has 0 aliphatic carbocycles. The van der Waals surface area contributed by atoms with E-state index in [0.29, 0.717) is 24.7 Å². The fourth-order valence-corrected chi connectivity index (χ4v) is 3.47. The average molecular weight is 414 g/mol. The van der Waals surface area contributed by atoms with Crippen molar-refractivity contribution in [2.45, 2.75) is 26.7 Å². The molecule has 1 aliphatic heterocycles. The van der Waals surface area contributed by atoms with E-state index in [-0.39, 0.29) is 28.1 Å². The maximum atomic E-state index is 14.1. The van der Waals surface area contributed by atoms with E-state index < -0.39 is 22.6 Å². The number of amides is 2. The Morgan fingerprint density at radius 2 is 1.87 bits per heavy atom. The van der Waals surface area contributed by atoms with Gasteiger partial charge in [0, 0.05) is 41.5 Å². The van der Waals surface area contributed by atoms with Gasteiger partial charge in [-0.05, 0) is 49.9 Å². The van der Waals surface area contributed by atoms with Gasteiger partial charge in [-0.2, -0.15) is 0 Å². The highest BCUT2D eigenvalue weighted by molar-refractivity contribution is 6.06. The number of hydrogen-bond donors (Lipinski definition) is 2. The summed E-state index contributed by atoms with van der Waals surface area (Å²) in [5.41, 5.74) is 5.68. The molecule has 0 atom stereocenters. The zero-order valence-corrected chi connectivity index (χ0v) is 16.8. The number of carbonyl (C=O) groups excluding carboxylic acids is 2. The van der Waals surface area contributed by atoms with E-state index in [0.717, 1.165) is 18.9 Å². The van der Waals surface area contributed by atoms with Crippen LogP contribution < -0.4 is 16.0 Å². The number of hydrogen-bond acceptors (Lipinski definition) is 5. The van der Waals surface area contributed by atoms with Gasteiger partial charge in [-0.25, -0.2) is 4.39 Å². The summed E-state index contributed by atoms with van der Waals surface area (Å²) >= 11 is 0. The van der Waals surface area contributed by atoms with Crippen molar-refractivity contribution >= 4 is 28.9 Å². The number of rotatable bonds is 5. The monoisotopic (exact) mass is 414 g/mol. The first kappa shape index (κ1) is 21.2. The molecule has 1 fully saturated rings. The second-order valence-corrected chi connectivity index (χ2v) is 7.58. The molecule has 0 bridgehead atoms. The van der Waals surface area contributed by atoms with Gasteiger partial charge in [0.2, 0.25) is 5.91 Å². The van der Waals surface area contributed by atoms with E-state index in [1.165, 1.54) is 25.1 Å². The van der Waals surface area contributed by atoms with Crippen molar-refractivity contribution in [2.24, 2.45) is 11.7 Å². The molecule has 1 aliphatic rings. The Hall–Kier alpha value is -3.49. The van der Waals surface area contributed by atoms with Crippen molar-refractivity contribution in [3.8, 4) is 0 Å². The Morgan fingerprint density at radius 3 is 2.47 bits per heavy atom. The van der Waals surface area contributed by atoms with Crippen LogP contribution in [0, 0.1) is 28.8 Å². The van der Waals surface area contributed by atoms with Gasteiger partial charge in [-0.15, -0.1) is 0 Å². The topological polar surface area (TPSA) is 119 Å². The summed E-state index contributed by atoms with van der Waals surface area (Å²) in [6.45, 7) is 5.02. The zero-order valence-electron chi connectivity index (χ0n) is 16.8. The molecule has 3 rings (SSSR count). The maximum absolute atomic E-state index is 14.1. The highest BCUT2D eigenvalue weighted by atomic mass is 19.1. The van der Waals surface area contributed by atoms with Crippen LogP contribution >= 0.6 is 0 Å². The van der Waals surface area contributed by atoms with E-state index in [1.54, 1.807) is 6.07 Å². The van der Waals surface area contributed by atoms with Gasteiger partial charge in [0.1, 0.15) is 11.5 Å². The molecule has 2 amide bonds. The standard InChI is InChI=1S/C21H23FN4O4/c1-12-5-7-25(8-6-12)18-4-3-14(11-19(18)26(29)30)21(28)24-17-10-15(20(23)27)9-16(22)13(17)2/h3-4,9-12H,5-8H2,1-2H3,(H2,23,27)(H,24,28). The van der Waals surface area contributed by atoms with Gasteiger partial charge in [-0.1, -0.05) is 6.92 Å². The van der Waals surface area contributed by atoms with Crippen molar-refractivity contribution < 1.29 is 18.9 Å². The van der Waals surface area contributed by atoms with Gasteiger partial charge in [-0.3, -0.25) is 19.7 Å². The van der Waals surface area contributed by atoms with E-state index in [9.17, 15) is 24.1 Å². The minimum atomic E-state index is -0.833. The quantitative estimate of drug-likeness (QED) is 0.572. The number of nitrogens with two attached hydrogens (primary N) is 1. The number of anilines is 2. The van der Waals surface area contributed by atoms with Crippen LogP contribution in [0.5, 0.6) is 0 Å². The minimum absolute atomic E-state index is 0.0557. The van der Waals surface area contributed by atoms with E-state index in [1.807, 2.05) is 4.90 Å². The predicted molar refractivity (Wildman–Crippen MR) is 111 cm³/mol. The van der Waals surface area contributed by atoms with Crippen LogP contribution in [0.4, 0.5) is 21.5 Å². The van der Waals surface area contributed by atoms with Crippen LogP contribution in [0.3, 0.4) is 0 Å². The summed E-state index contributed by atoms with van der Waals surface area (Å²) < 4.78 is 14.1. The molecule has 0 spiro atoms. The molecule has 2 aromatic carbocycles. The first-order valence-corrected chi connectivity index (χ1v) is 9.62. The number of piperidine rings is 1. The Bertz CT molecular complexity index is 1020. The Labute approximate surface area is 173 Å². The van der Waals surface area contributed by atoms with E-state index >= 15 is 0 Å². The maximum Gasteiger partial charge on any atom is 0.293 e. The molecule has 1 saturated heterocycles. The minimum Gasteiger partial charge on any atom is -0.366 e. The van der Waals surface area contributed by atoms with Crippen molar-refractivity contribution in [2.75, 3.05) is 23.3 Å². The molecule has 0 saturated carbocycles. The van der Waals surface area contributed by atoms with Crippen molar-refractivity contribution in [1.82, 2.24) is 0 Å². The fraction of sp³-hybridized carbons (Fsp3) is 0.333. The lowest BCUT2D eigenvalue weighted by Gasteiger charge is -2.31. The number of benzene rings is 2. The largest absolute Gasteiger partial charge is 0.366 e. The van der Waals surface area contributed by atoms with Crippen LogP contribution in [0.25, 0.3) is 0 Å². The van der Waals surface area contributed by atoms with Gasteiger partial charge in [0.05, 0.1) is 4.92 Å². The highest BCUT2D eigenvalue weighted by Crippen LogP contribution is 2.32. The third-order valence-electron chi connectivity index (χ3n) is 5.44. The molecule has 0 radical (unpaired) electrons. The van der Waals surface area contributed by atoms with Crippen LogP contribution in [0.2, 0.25) is 0 Å². The third kappa shape index (κ3) is 4.40. The lowest BCUT2D eigenvalue weighted by atomic mass is 9.98. The van der Waals surface area contributed by atoms with Crippen molar-refractivity contribution in [1.29, 1.82) is 0 Å². The summed E-state index contributed by atoms with van der Waals surface area (Å²) in [6, 6.07) is 6.55. The smallest absolute Gasteiger partial charge is 0.293 e. The summed E-state index contributed by atoms with van der Waals surface area (Å²) in [5, 5.41) is 14.1. The summed E-state index contributed by atoms with van der Waals surface area (Å²) in [5.74, 6) is -1.60. The van der Waals surface area contributed by atoms with Crippen LogP contribution in [-0.4, -0.2) is 29.8 Å². The molecule has 30 heavy (non-hydrogen) atoms. The van der Waals surface area contributed by atoms with Crippen molar-refractivity contribution in [3.05, 3.63) is 63.0 Å². The number of halogens is 1. The third-order valence-corrected chi connectivity index (χ3v) is 5.44. The van der Waals surface area contributed by atoms with Gasteiger partial charge in [0.15, 0.2) is 0 Å². The molecule has 9 heteroatoms. The molecule has 0 aromatic heterocycles. The SMILES string of the molecule is Cc1c(F)cc(C(N)=O)cc1NC(=O)c1ccc(N2CCC(C)CC2)c([N+](=O)[O-])c1.